The number of halogens is 7. The first-order valence-electron chi connectivity index (χ1n) is 6.98. The van der Waals surface area contributed by atoms with Gasteiger partial charge >= 0.3 is 18.1 Å². The third-order valence-corrected chi connectivity index (χ3v) is 2.74. The Hall–Kier alpha value is -2.20. The Morgan fingerprint density at radius 2 is 1.52 bits per heavy atom. The van der Waals surface area contributed by atoms with E-state index in [1.165, 1.54) is 18.2 Å². The van der Waals surface area contributed by atoms with Gasteiger partial charge < -0.3 is 9.47 Å². The summed E-state index contributed by atoms with van der Waals surface area (Å²) in [6.45, 7) is 3.98. The number of nitrogens with one attached hydrogen (secondary N) is 1. The summed E-state index contributed by atoms with van der Waals surface area (Å²) in [5.41, 5.74) is 0.656. The van der Waals surface area contributed by atoms with Crippen LogP contribution in [-0.2, 0) is 0 Å². The van der Waals surface area contributed by atoms with Crippen LogP contribution in [-0.4, -0.2) is 37.6 Å². The molecule has 0 unspecified atom stereocenters. The molecular weight excluding hydrogens is 361 g/mol. The van der Waals surface area contributed by atoms with Crippen LogP contribution in [0.2, 0.25) is 0 Å². The van der Waals surface area contributed by atoms with Gasteiger partial charge in [-0.25, -0.2) is 5.43 Å². The van der Waals surface area contributed by atoms with Crippen LogP contribution in [0.1, 0.15) is 19.4 Å². The molecule has 1 rings (SSSR count). The Labute approximate surface area is 138 Å². The van der Waals surface area contributed by atoms with Crippen LogP contribution in [0.25, 0.3) is 0 Å². The molecular formula is C14H15F7N2O2. The van der Waals surface area contributed by atoms with Crippen LogP contribution in [0, 0.1) is 0 Å². The van der Waals surface area contributed by atoms with Gasteiger partial charge in [-0.3, -0.25) is 0 Å². The van der Waals surface area contributed by atoms with Crippen LogP contribution < -0.4 is 14.9 Å². The lowest BCUT2D eigenvalue weighted by Gasteiger charge is -2.27. The maximum absolute atomic E-state index is 13.0. The first-order valence-corrected chi connectivity index (χ1v) is 6.98. The lowest BCUT2D eigenvalue weighted by molar-refractivity contribution is -0.361. The molecule has 1 N–H and O–H groups in total. The van der Waals surface area contributed by atoms with E-state index in [-0.39, 0.29) is 17.9 Å². The van der Waals surface area contributed by atoms with E-state index < -0.39 is 18.1 Å². The summed E-state index contributed by atoms with van der Waals surface area (Å²) in [7, 11) is 0. The van der Waals surface area contributed by atoms with E-state index in [1.807, 2.05) is 0 Å². The summed E-state index contributed by atoms with van der Waals surface area (Å²) >= 11 is 0. The van der Waals surface area contributed by atoms with Gasteiger partial charge in [0.1, 0.15) is 0 Å². The van der Waals surface area contributed by atoms with Crippen molar-refractivity contribution in [2.45, 2.75) is 32.0 Å². The van der Waals surface area contributed by atoms with E-state index in [0.717, 1.165) is 0 Å². The zero-order valence-electron chi connectivity index (χ0n) is 13.1. The third-order valence-electron chi connectivity index (χ3n) is 2.74. The summed E-state index contributed by atoms with van der Waals surface area (Å²) in [4.78, 5) is 0. The zero-order valence-corrected chi connectivity index (χ0v) is 13.1. The van der Waals surface area contributed by atoms with Crippen molar-refractivity contribution in [2.24, 2.45) is 5.10 Å². The second-order valence-electron chi connectivity index (χ2n) is 4.59. The Kier molecular flexibility index (Phi) is 6.49. The van der Waals surface area contributed by atoms with Crippen molar-refractivity contribution >= 4 is 6.21 Å². The van der Waals surface area contributed by atoms with Crippen LogP contribution in [0.3, 0.4) is 0 Å². The second kappa shape index (κ2) is 7.79. The molecule has 0 radical (unpaired) electrons. The Bertz CT molecular complexity index is 603. The Balaban J connectivity index is 2.93. The lowest BCUT2D eigenvalue weighted by Crippen LogP contribution is -2.58. The number of alkyl halides is 7. The van der Waals surface area contributed by atoms with Gasteiger partial charge in [-0.15, -0.1) is 0 Å². The molecule has 1 aromatic carbocycles. The van der Waals surface area contributed by atoms with Gasteiger partial charge in [-0.1, -0.05) is 0 Å². The molecule has 0 amide bonds. The van der Waals surface area contributed by atoms with Crippen molar-refractivity contribution in [3.8, 4) is 11.5 Å². The van der Waals surface area contributed by atoms with E-state index >= 15 is 0 Å². The van der Waals surface area contributed by atoms with Crippen molar-refractivity contribution in [3.63, 3.8) is 0 Å². The molecule has 0 heterocycles. The summed E-state index contributed by atoms with van der Waals surface area (Å²) in [5.74, 6) is -5.70. The van der Waals surface area contributed by atoms with Gasteiger partial charge in [0, 0.05) is 0 Å². The minimum absolute atomic E-state index is 0.116. The van der Waals surface area contributed by atoms with Crippen LogP contribution in [0.4, 0.5) is 30.7 Å². The molecule has 0 aliphatic heterocycles. The normalized spacial score (nSPS) is 13.2. The van der Waals surface area contributed by atoms with E-state index in [0.29, 0.717) is 24.0 Å². The highest BCUT2D eigenvalue weighted by Crippen LogP contribution is 2.45. The number of benzene rings is 1. The monoisotopic (exact) mass is 376 g/mol. The molecule has 142 valence electrons. The van der Waals surface area contributed by atoms with Crippen LogP contribution in [0.15, 0.2) is 23.3 Å². The molecule has 0 aliphatic carbocycles. The van der Waals surface area contributed by atoms with Gasteiger partial charge in [0.25, 0.3) is 0 Å². The fourth-order valence-corrected chi connectivity index (χ4v) is 1.58. The van der Waals surface area contributed by atoms with Crippen molar-refractivity contribution < 1.29 is 40.2 Å². The molecule has 0 fully saturated rings. The Morgan fingerprint density at radius 3 is 2.04 bits per heavy atom. The average molecular weight is 376 g/mol. The minimum Gasteiger partial charge on any atom is -0.490 e. The average Bonchev–Trinajstić information content (AvgIpc) is 2.48. The highest BCUT2D eigenvalue weighted by Gasteiger charge is 2.73. The predicted molar refractivity (Wildman–Crippen MR) is 75.5 cm³/mol. The summed E-state index contributed by atoms with van der Waals surface area (Å²) < 4.78 is 97.9. The molecule has 0 spiro atoms. The third kappa shape index (κ3) is 4.89. The number of hydrogen-bond acceptors (Lipinski definition) is 4. The van der Waals surface area contributed by atoms with E-state index in [9.17, 15) is 30.7 Å². The van der Waals surface area contributed by atoms with Crippen LogP contribution in [0.5, 0.6) is 11.5 Å². The highest BCUT2D eigenvalue weighted by atomic mass is 19.4. The molecule has 0 aliphatic rings. The van der Waals surface area contributed by atoms with E-state index in [1.54, 1.807) is 13.8 Å². The molecule has 25 heavy (non-hydrogen) atoms. The smallest absolute Gasteiger partial charge is 0.462 e. The summed E-state index contributed by atoms with van der Waals surface area (Å²) in [6.07, 6.45) is -5.78. The molecule has 0 saturated heterocycles. The van der Waals surface area contributed by atoms with Crippen LogP contribution >= 0.6 is 0 Å². The first kappa shape index (κ1) is 20.8. The van der Waals surface area contributed by atoms with Gasteiger partial charge in [-0.2, -0.15) is 35.8 Å². The molecule has 11 heteroatoms. The Morgan fingerprint density at radius 1 is 0.960 bits per heavy atom. The lowest BCUT2D eigenvalue weighted by atomic mass is 10.2. The van der Waals surface area contributed by atoms with Gasteiger partial charge in [-0.05, 0) is 37.6 Å². The SMILES string of the molecule is CCOc1ccc(/C=N/NC(F)(F)C(F)(F)C(F)(F)F)cc1OCC. The number of hydrazone groups is 1. The fraction of sp³-hybridized carbons (Fsp3) is 0.500. The quantitative estimate of drug-likeness (QED) is 0.320. The summed E-state index contributed by atoms with van der Waals surface area (Å²) in [6, 6.07) is -1.56. The van der Waals surface area contributed by atoms with Gasteiger partial charge in [0.05, 0.1) is 19.4 Å². The van der Waals surface area contributed by atoms with Crippen molar-refractivity contribution in [3.05, 3.63) is 23.8 Å². The largest absolute Gasteiger partial charge is 0.490 e. The minimum atomic E-state index is -6.43. The molecule has 0 aromatic heterocycles. The van der Waals surface area contributed by atoms with Gasteiger partial charge in [0.15, 0.2) is 11.5 Å². The maximum Gasteiger partial charge on any atom is 0.462 e. The van der Waals surface area contributed by atoms with E-state index in [4.69, 9.17) is 9.47 Å². The zero-order chi connectivity index (χ0) is 19.3. The highest BCUT2D eigenvalue weighted by molar-refractivity contribution is 5.80. The van der Waals surface area contributed by atoms with Crippen molar-refractivity contribution in [1.29, 1.82) is 0 Å². The number of ether oxygens (including phenoxy) is 2. The number of rotatable bonds is 8. The molecule has 1 aromatic rings. The van der Waals surface area contributed by atoms with Crippen molar-refractivity contribution in [2.75, 3.05) is 13.2 Å². The first-order chi connectivity index (χ1) is 11.5. The second-order valence-corrected chi connectivity index (χ2v) is 4.59. The van der Waals surface area contributed by atoms with Crippen molar-refractivity contribution in [1.82, 2.24) is 5.43 Å². The van der Waals surface area contributed by atoms with Gasteiger partial charge in [0.2, 0.25) is 0 Å². The number of nitrogens with zero attached hydrogens (tertiary/aromatic N) is 1. The topological polar surface area (TPSA) is 42.8 Å². The maximum atomic E-state index is 13.0. The molecule has 4 nitrogen and oxygen atoms in total. The number of hydrogen-bond donors (Lipinski definition) is 1. The molecule has 0 saturated carbocycles. The fourth-order valence-electron chi connectivity index (χ4n) is 1.58. The summed E-state index contributed by atoms with van der Waals surface area (Å²) in [5, 5.41) is 2.77. The molecule has 0 bridgehead atoms. The van der Waals surface area contributed by atoms with E-state index in [2.05, 4.69) is 5.10 Å². The predicted octanol–water partition coefficient (Wildman–Crippen LogP) is 4.20. The standard InChI is InChI=1S/C14H15F7N2O2/c1-3-24-10-6-5-9(7-11(10)25-4-2)8-22-23-14(20,21)12(15,16)13(17,18)19/h5-8,23H,3-4H2,1-2H3/b22-8+. The molecule has 0 atom stereocenters.